The maximum atomic E-state index is 4.63. The molecule has 0 N–H and O–H groups in total. The standard InChI is InChI=1S/C36H24N2/c1-3-12-32-30(10-1)35(27-17-14-25(15-18-27)16-21-29-9-5-6-22-37-29)31-11-2-4-13-33(31)36(32)28-20-19-26-8-7-23-38-34(26)24-28/h1-24H. The number of rotatable bonds is 4. The van der Waals surface area contributed by atoms with Gasteiger partial charge in [-0.15, -0.1) is 0 Å². The normalized spacial score (nSPS) is 11.6. The summed E-state index contributed by atoms with van der Waals surface area (Å²) in [5, 5.41) is 6.14. The lowest BCUT2D eigenvalue weighted by Crippen LogP contribution is -1.91. The Labute approximate surface area is 221 Å². The van der Waals surface area contributed by atoms with Crippen molar-refractivity contribution in [1.82, 2.24) is 9.97 Å². The van der Waals surface area contributed by atoms with E-state index in [0.29, 0.717) is 0 Å². The van der Waals surface area contributed by atoms with Crippen LogP contribution >= 0.6 is 0 Å². The first-order valence-electron chi connectivity index (χ1n) is 12.8. The van der Waals surface area contributed by atoms with E-state index in [1.807, 2.05) is 42.7 Å². The highest BCUT2D eigenvalue weighted by Gasteiger charge is 2.16. The van der Waals surface area contributed by atoms with Crippen LogP contribution in [0.1, 0.15) is 11.3 Å². The highest BCUT2D eigenvalue weighted by atomic mass is 14.6. The topological polar surface area (TPSA) is 25.8 Å². The highest BCUT2D eigenvalue weighted by Crippen LogP contribution is 2.43. The average molecular weight is 485 g/mol. The van der Waals surface area contributed by atoms with Gasteiger partial charge in [0.1, 0.15) is 0 Å². The van der Waals surface area contributed by atoms with Crippen LogP contribution in [0.3, 0.4) is 0 Å². The van der Waals surface area contributed by atoms with Gasteiger partial charge in [0.15, 0.2) is 0 Å². The van der Waals surface area contributed by atoms with E-state index >= 15 is 0 Å². The van der Waals surface area contributed by atoms with E-state index in [0.717, 1.165) is 22.2 Å². The van der Waals surface area contributed by atoms with Crippen molar-refractivity contribution >= 4 is 44.6 Å². The SMILES string of the molecule is C(=Cc1ccccn1)c1ccc(-c2c3ccccc3c(-c3ccc4cccnc4c3)c3ccccc23)cc1. The average Bonchev–Trinajstić information content (AvgIpc) is 2.99. The van der Waals surface area contributed by atoms with E-state index < -0.39 is 0 Å². The summed E-state index contributed by atoms with van der Waals surface area (Å²) in [6.45, 7) is 0. The Balaban J connectivity index is 1.42. The molecule has 0 spiro atoms. The second-order valence-corrected chi connectivity index (χ2v) is 9.46. The number of hydrogen-bond donors (Lipinski definition) is 0. The number of benzene rings is 5. The second kappa shape index (κ2) is 9.42. The smallest absolute Gasteiger partial charge is 0.0708 e. The van der Waals surface area contributed by atoms with Gasteiger partial charge in [-0.05, 0) is 79.7 Å². The van der Waals surface area contributed by atoms with Gasteiger partial charge < -0.3 is 0 Å². The lowest BCUT2D eigenvalue weighted by atomic mass is 9.85. The number of aromatic nitrogens is 2. The zero-order valence-electron chi connectivity index (χ0n) is 20.8. The maximum Gasteiger partial charge on any atom is 0.0708 e. The van der Waals surface area contributed by atoms with Crippen LogP contribution in [0.4, 0.5) is 0 Å². The van der Waals surface area contributed by atoms with E-state index in [2.05, 4.69) is 113 Å². The molecule has 0 aliphatic carbocycles. The zero-order valence-corrected chi connectivity index (χ0v) is 20.8. The predicted octanol–water partition coefficient (Wildman–Crippen LogP) is 9.44. The summed E-state index contributed by atoms with van der Waals surface area (Å²) in [6.07, 6.45) is 7.84. The molecule has 2 heteroatoms. The fraction of sp³-hybridized carbons (Fsp3) is 0. The van der Waals surface area contributed by atoms with Gasteiger partial charge in [0.05, 0.1) is 11.2 Å². The van der Waals surface area contributed by atoms with Crippen molar-refractivity contribution < 1.29 is 0 Å². The van der Waals surface area contributed by atoms with Crippen LogP contribution in [0.5, 0.6) is 0 Å². The minimum absolute atomic E-state index is 0.952. The molecule has 2 heterocycles. The quantitative estimate of drug-likeness (QED) is 0.233. The Bertz CT molecular complexity index is 1900. The lowest BCUT2D eigenvalue weighted by molar-refractivity contribution is 1.30. The maximum absolute atomic E-state index is 4.63. The first-order valence-corrected chi connectivity index (χ1v) is 12.8. The first-order chi connectivity index (χ1) is 18.8. The fourth-order valence-electron chi connectivity index (χ4n) is 5.39. The number of nitrogens with zero attached hydrogens (tertiary/aromatic N) is 2. The molecule has 7 aromatic rings. The molecule has 0 aliphatic heterocycles. The van der Waals surface area contributed by atoms with Gasteiger partial charge in [-0.3, -0.25) is 9.97 Å². The summed E-state index contributed by atoms with van der Waals surface area (Å²) >= 11 is 0. The molecule has 0 amide bonds. The third kappa shape index (κ3) is 3.93. The van der Waals surface area contributed by atoms with Crippen LogP contribution in [-0.4, -0.2) is 9.97 Å². The molecule has 7 rings (SSSR count). The van der Waals surface area contributed by atoms with E-state index in [9.17, 15) is 0 Å². The van der Waals surface area contributed by atoms with Crippen molar-refractivity contribution in [3.63, 3.8) is 0 Å². The van der Waals surface area contributed by atoms with Crippen molar-refractivity contribution in [3.8, 4) is 22.3 Å². The minimum Gasteiger partial charge on any atom is -0.257 e. The molecule has 0 fully saturated rings. The molecule has 0 aliphatic rings. The van der Waals surface area contributed by atoms with Crippen LogP contribution in [0.15, 0.2) is 134 Å². The van der Waals surface area contributed by atoms with Crippen molar-refractivity contribution in [2.45, 2.75) is 0 Å². The van der Waals surface area contributed by atoms with E-state index in [4.69, 9.17) is 0 Å². The van der Waals surface area contributed by atoms with Gasteiger partial charge in [0.2, 0.25) is 0 Å². The predicted molar refractivity (Wildman–Crippen MR) is 161 cm³/mol. The van der Waals surface area contributed by atoms with Gasteiger partial charge >= 0.3 is 0 Å². The van der Waals surface area contributed by atoms with Crippen molar-refractivity contribution in [3.05, 3.63) is 145 Å². The molecule has 0 radical (unpaired) electrons. The molecule has 0 saturated carbocycles. The van der Waals surface area contributed by atoms with Crippen LogP contribution in [0, 0.1) is 0 Å². The highest BCUT2D eigenvalue weighted by molar-refractivity contribution is 6.21. The van der Waals surface area contributed by atoms with E-state index in [-0.39, 0.29) is 0 Å². The molecule has 0 atom stereocenters. The van der Waals surface area contributed by atoms with Gasteiger partial charge in [-0.1, -0.05) is 103 Å². The summed E-state index contributed by atoms with van der Waals surface area (Å²) in [7, 11) is 0. The monoisotopic (exact) mass is 484 g/mol. The van der Waals surface area contributed by atoms with Crippen LogP contribution in [-0.2, 0) is 0 Å². The second-order valence-electron chi connectivity index (χ2n) is 9.46. The molecule has 38 heavy (non-hydrogen) atoms. The Morgan fingerprint density at radius 2 is 1.05 bits per heavy atom. The largest absolute Gasteiger partial charge is 0.257 e. The summed E-state index contributed by atoms with van der Waals surface area (Å²) < 4.78 is 0. The number of pyridine rings is 2. The van der Waals surface area contributed by atoms with E-state index in [1.165, 1.54) is 43.8 Å². The Morgan fingerprint density at radius 1 is 0.447 bits per heavy atom. The molecule has 0 saturated heterocycles. The first kappa shape index (κ1) is 22.1. The summed E-state index contributed by atoms with van der Waals surface area (Å²) in [4.78, 5) is 9.01. The van der Waals surface area contributed by atoms with Crippen LogP contribution in [0.2, 0.25) is 0 Å². The molecule has 0 unspecified atom stereocenters. The van der Waals surface area contributed by atoms with Crippen molar-refractivity contribution in [2.24, 2.45) is 0 Å². The van der Waals surface area contributed by atoms with E-state index in [1.54, 1.807) is 0 Å². The third-order valence-electron chi connectivity index (χ3n) is 7.16. The fourth-order valence-corrected chi connectivity index (χ4v) is 5.39. The Morgan fingerprint density at radius 3 is 1.71 bits per heavy atom. The summed E-state index contributed by atoms with van der Waals surface area (Å²) in [6, 6.07) is 43.0. The van der Waals surface area contributed by atoms with Gasteiger partial charge in [0.25, 0.3) is 0 Å². The minimum atomic E-state index is 0.952. The van der Waals surface area contributed by atoms with Gasteiger partial charge in [-0.2, -0.15) is 0 Å². The van der Waals surface area contributed by atoms with Crippen LogP contribution in [0.25, 0.3) is 66.9 Å². The molecular weight excluding hydrogens is 460 g/mol. The molecular formula is C36H24N2. The molecule has 5 aromatic carbocycles. The summed E-state index contributed by atoms with van der Waals surface area (Å²) in [5.74, 6) is 0. The summed E-state index contributed by atoms with van der Waals surface area (Å²) in [5.41, 5.74) is 8.02. The van der Waals surface area contributed by atoms with Crippen molar-refractivity contribution in [1.29, 1.82) is 0 Å². The van der Waals surface area contributed by atoms with Crippen LogP contribution < -0.4 is 0 Å². The number of hydrogen-bond acceptors (Lipinski definition) is 2. The lowest BCUT2D eigenvalue weighted by Gasteiger charge is -2.18. The number of fused-ring (bicyclic) bond motifs is 3. The Hall–Kier alpha value is -5.08. The molecule has 2 nitrogen and oxygen atoms in total. The Kier molecular flexibility index (Phi) is 5.49. The zero-order chi connectivity index (χ0) is 25.3. The van der Waals surface area contributed by atoms with Gasteiger partial charge in [0, 0.05) is 17.8 Å². The molecule has 178 valence electrons. The van der Waals surface area contributed by atoms with Crippen molar-refractivity contribution in [2.75, 3.05) is 0 Å². The molecule has 2 aromatic heterocycles. The molecule has 0 bridgehead atoms. The third-order valence-corrected chi connectivity index (χ3v) is 7.16. The van der Waals surface area contributed by atoms with Gasteiger partial charge in [-0.25, -0.2) is 0 Å².